The monoisotopic (exact) mass is 475 g/mol. The summed E-state index contributed by atoms with van der Waals surface area (Å²) in [5, 5.41) is 5.55. The average Bonchev–Trinajstić information content (AvgIpc) is 2.71. The molecule has 180 valence electrons. The largest absolute Gasteiger partial charge is 0.379 e. The van der Waals surface area contributed by atoms with Gasteiger partial charge in [-0.05, 0) is 64.4 Å². The maximum Gasteiger partial charge on any atom is 0.339 e. The number of carbonyl (C=O) groups is 2. The highest BCUT2D eigenvalue weighted by Gasteiger charge is 2.25. The van der Waals surface area contributed by atoms with E-state index >= 15 is 0 Å². The molecule has 0 bridgehead atoms. The van der Waals surface area contributed by atoms with Crippen molar-refractivity contribution in [2.45, 2.75) is 71.0 Å². The maximum atomic E-state index is 12.9. The summed E-state index contributed by atoms with van der Waals surface area (Å²) in [5.41, 5.74) is 0.641. The quantitative estimate of drug-likeness (QED) is 0.546. The number of rotatable bonds is 8. The number of anilines is 1. The van der Waals surface area contributed by atoms with Gasteiger partial charge in [-0.15, -0.1) is 0 Å². The molecule has 0 heterocycles. The molecule has 0 aliphatic carbocycles. The van der Waals surface area contributed by atoms with Gasteiger partial charge in [0.2, 0.25) is 5.91 Å². The Kier molecular flexibility index (Phi) is 8.49. The van der Waals surface area contributed by atoms with Gasteiger partial charge >= 0.3 is 16.1 Å². The van der Waals surface area contributed by atoms with Crippen LogP contribution in [0.5, 0.6) is 5.75 Å². The van der Waals surface area contributed by atoms with Gasteiger partial charge in [0.05, 0.1) is 6.54 Å². The number of urea groups is 1. The van der Waals surface area contributed by atoms with Crippen LogP contribution in [0.25, 0.3) is 0 Å². The van der Waals surface area contributed by atoms with E-state index < -0.39 is 15.7 Å². The molecule has 0 saturated carbocycles. The minimum absolute atomic E-state index is 0.0457. The highest BCUT2D eigenvalue weighted by atomic mass is 32.2. The Labute approximate surface area is 196 Å². The van der Waals surface area contributed by atoms with Crippen LogP contribution in [0.1, 0.15) is 53.5 Å². The smallest absolute Gasteiger partial charge is 0.339 e. The Morgan fingerprint density at radius 3 is 2.21 bits per heavy atom. The normalized spacial score (nSPS) is 12.5. The molecular weight excluding hydrogens is 442 g/mol. The topological polar surface area (TPSA) is 105 Å². The third-order valence-electron chi connectivity index (χ3n) is 4.84. The number of hydrogen-bond acceptors (Lipinski definition) is 5. The van der Waals surface area contributed by atoms with Crippen LogP contribution in [0.3, 0.4) is 0 Å². The number of para-hydroxylation sites is 1. The standard InChI is InChI=1S/C24H33N3O5S/c1-7-17(2)27(23(29)26-24(4,5)6)16-19-10-8-9-11-22(19)32-33(30,31)21-14-12-20(13-15-21)25-18(3)28/h8-15,17H,7,16H2,1-6H3,(H,25,28)(H,26,29)/t17-/m1/s1. The molecule has 8 nitrogen and oxygen atoms in total. The van der Waals surface area contributed by atoms with E-state index in [1.807, 2.05) is 34.6 Å². The molecule has 9 heteroatoms. The Balaban J connectivity index is 2.29. The van der Waals surface area contributed by atoms with Crippen LogP contribution in [0, 0.1) is 0 Å². The molecule has 2 N–H and O–H groups in total. The molecule has 0 aromatic heterocycles. The fourth-order valence-corrected chi connectivity index (χ4v) is 3.98. The van der Waals surface area contributed by atoms with Gasteiger partial charge in [0.1, 0.15) is 10.6 Å². The van der Waals surface area contributed by atoms with E-state index in [0.717, 1.165) is 6.42 Å². The predicted octanol–water partition coefficient (Wildman–Crippen LogP) is 4.52. The van der Waals surface area contributed by atoms with E-state index in [4.69, 9.17) is 4.18 Å². The van der Waals surface area contributed by atoms with Crippen molar-refractivity contribution in [2.24, 2.45) is 0 Å². The molecule has 33 heavy (non-hydrogen) atoms. The molecule has 2 aromatic carbocycles. The van der Waals surface area contributed by atoms with Gasteiger partial charge in [-0.2, -0.15) is 8.42 Å². The van der Waals surface area contributed by atoms with Gasteiger partial charge in [0.15, 0.2) is 0 Å². The van der Waals surface area contributed by atoms with Gasteiger partial charge in [-0.3, -0.25) is 4.79 Å². The number of hydrogen-bond donors (Lipinski definition) is 2. The zero-order valence-corrected chi connectivity index (χ0v) is 20.8. The highest BCUT2D eigenvalue weighted by molar-refractivity contribution is 7.87. The van der Waals surface area contributed by atoms with E-state index in [-0.39, 0.29) is 35.2 Å². The Morgan fingerprint density at radius 2 is 1.67 bits per heavy atom. The van der Waals surface area contributed by atoms with Crippen molar-refractivity contribution in [1.29, 1.82) is 0 Å². The molecule has 0 aliphatic rings. The van der Waals surface area contributed by atoms with Gasteiger partial charge < -0.3 is 19.7 Å². The Hall–Kier alpha value is -3.07. The Morgan fingerprint density at radius 1 is 1.06 bits per heavy atom. The first-order valence-electron chi connectivity index (χ1n) is 10.8. The van der Waals surface area contributed by atoms with Crippen LogP contribution in [0.2, 0.25) is 0 Å². The van der Waals surface area contributed by atoms with Gasteiger partial charge in [0, 0.05) is 29.8 Å². The summed E-state index contributed by atoms with van der Waals surface area (Å²) in [7, 11) is -4.12. The molecule has 0 radical (unpaired) electrons. The van der Waals surface area contributed by atoms with Crippen molar-refractivity contribution in [1.82, 2.24) is 10.2 Å². The van der Waals surface area contributed by atoms with Gasteiger partial charge in [0.25, 0.3) is 0 Å². The number of nitrogens with one attached hydrogen (secondary N) is 2. The Bertz CT molecular complexity index is 1080. The van der Waals surface area contributed by atoms with Crippen LogP contribution in [0.4, 0.5) is 10.5 Å². The van der Waals surface area contributed by atoms with E-state index in [9.17, 15) is 18.0 Å². The number of carbonyl (C=O) groups excluding carboxylic acids is 2. The van der Waals surface area contributed by atoms with E-state index in [0.29, 0.717) is 11.3 Å². The van der Waals surface area contributed by atoms with E-state index in [2.05, 4.69) is 10.6 Å². The van der Waals surface area contributed by atoms with Crippen molar-refractivity contribution < 1.29 is 22.2 Å². The van der Waals surface area contributed by atoms with Crippen molar-refractivity contribution in [3.05, 3.63) is 54.1 Å². The summed E-state index contributed by atoms with van der Waals surface area (Å²) in [4.78, 5) is 25.7. The van der Waals surface area contributed by atoms with Gasteiger partial charge in [-0.1, -0.05) is 25.1 Å². The fraction of sp³-hybridized carbons (Fsp3) is 0.417. The SMILES string of the molecule is CC[C@@H](C)N(Cc1ccccc1OS(=O)(=O)c1ccc(NC(C)=O)cc1)C(=O)NC(C)(C)C. The van der Waals surface area contributed by atoms with E-state index in [1.165, 1.54) is 31.2 Å². The molecule has 2 rings (SSSR count). The average molecular weight is 476 g/mol. The van der Waals surface area contributed by atoms with Crippen molar-refractivity contribution >= 4 is 27.7 Å². The first-order valence-corrected chi connectivity index (χ1v) is 12.2. The molecule has 0 aliphatic heterocycles. The minimum atomic E-state index is -4.12. The molecule has 0 fully saturated rings. The van der Waals surface area contributed by atoms with Crippen LogP contribution < -0.4 is 14.8 Å². The fourth-order valence-electron chi connectivity index (χ4n) is 3.01. The summed E-state index contributed by atoms with van der Waals surface area (Å²) in [6, 6.07) is 12.2. The maximum absolute atomic E-state index is 12.9. The molecular formula is C24H33N3O5S. The molecule has 0 spiro atoms. The highest BCUT2D eigenvalue weighted by Crippen LogP contribution is 2.26. The van der Waals surface area contributed by atoms with Crippen LogP contribution in [-0.2, 0) is 21.5 Å². The first kappa shape index (κ1) is 26.2. The van der Waals surface area contributed by atoms with Crippen molar-refractivity contribution in [3.8, 4) is 5.75 Å². The summed E-state index contributed by atoms with van der Waals surface area (Å²) in [5.74, 6) is -0.0996. The predicted molar refractivity (Wildman–Crippen MR) is 129 cm³/mol. The van der Waals surface area contributed by atoms with Gasteiger partial charge in [-0.25, -0.2) is 4.79 Å². The lowest BCUT2D eigenvalue weighted by atomic mass is 10.1. The van der Waals surface area contributed by atoms with Crippen LogP contribution in [-0.4, -0.2) is 36.8 Å². The van der Waals surface area contributed by atoms with Crippen LogP contribution >= 0.6 is 0 Å². The summed E-state index contributed by atoms with van der Waals surface area (Å²) < 4.78 is 31.2. The van der Waals surface area contributed by atoms with E-state index in [1.54, 1.807) is 29.2 Å². The zero-order chi connectivity index (χ0) is 24.8. The molecule has 1 atom stereocenters. The molecule has 3 amide bonds. The summed E-state index contributed by atoms with van der Waals surface area (Å²) >= 11 is 0. The second kappa shape index (κ2) is 10.7. The number of amides is 3. The lowest BCUT2D eigenvalue weighted by molar-refractivity contribution is -0.114. The minimum Gasteiger partial charge on any atom is -0.379 e. The zero-order valence-electron chi connectivity index (χ0n) is 20.0. The molecule has 0 saturated heterocycles. The second-order valence-electron chi connectivity index (χ2n) is 8.92. The first-order chi connectivity index (χ1) is 15.3. The molecule has 0 unspecified atom stereocenters. The van der Waals surface area contributed by atoms with Crippen molar-refractivity contribution in [2.75, 3.05) is 5.32 Å². The lowest BCUT2D eigenvalue weighted by Gasteiger charge is -2.32. The molecule has 2 aromatic rings. The number of nitrogens with zero attached hydrogens (tertiary/aromatic N) is 1. The summed E-state index contributed by atoms with van der Waals surface area (Å²) in [6.45, 7) is 11.2. The third kappa shape index (κ3) is 7.78. The summed E-state index contributed by atoms with van der Waals surface area (Å²) in [6.07, 6.45) is 0.736. The van der Waals surface area contributed by atoms with Crippen LogP contribution in [0.15, 0.2) is 53.4 Å². The lowest BCUT2D eigenvalue weighted by Crippen LogP contribution is -2.50. The third-order valence-corrected chi connectivity index (χ3v) is 6.09. The second-order valence-corrected chi connectivity index (χ2v) is 10.5. The number of benzene rings is 2. The van der Waals surface area contributed by atoms with Crippen molar-refractivity contribution in [3.63, 3.8) is 0 Å².